The summed E-state index contributed by atoms with van der Waals surface area (Å²) in [6, 6.07) is 66.8. The van der Waals surface area contributed by atoms with Gasteiger partial charge >= 0.3 is 0 Å². The topological polar surface area (TPSA) is 55.1 Å². The second-order valence-electron chi connectivity index (χ2n) is 13.2. The second kappa shape index (κ2) is 13.3. The second-order valence-corrected chi connectivity index (χ2v) is 13.2. The Bertz CT molecular complexity index is 2830. The molecule has 0 spiro atoms. The minimum atomic E-state index is 0.592. The highest BCUT2D eigenvalue weighted by atomic mass is 16.3. The molecule has 5 nitrogen and oxygen atoms in total. The molecule has 0 amide bonds. The highest BCUT2D eigenvalue weighted by Gasteiger charge is 2.22. The van der Waals surface area contributed by atoms with Crippen molar-refractivity contribution in [3.63, 3.8) is 0 Å². The van der Waals surface area contributed by atoms with Crippen LogP contribution in [0.4, 0.5) is 17.1 Å². The number of hydrogen-bond acceptors (Lipinski definition) is 5. The van der Waals surface area contributed by atoms with Gasteiger partial charge < -0.3 is 9.32 Å². The van der Waals surface area contributed by atoms with E-state index >= 15 is 0 Å². The maximum absolute atomic E-state index is 6.92. The molecule has 10 aromatic rings. The van der Waals surface area contributed by atoms with Crippen molar-refractivity contribution in [2.45, 2.75) is 0 Å². The molecule has 0 bridgehead atoms. The number of hydrogen-bond donors (Lipinski definition) is 0. The molecule has 0 unspecified atom stereocenters. The molecule has 54 heavy (non-hydrogen) atoms. The van der Waals surface area contributed by atoms with Gasteiger partial charge in [-0.1, -0.05) is 146 Å². The Morgan fingerprint density at radius 1 is 0.370 bits per heavy atom. The Morgan fingerprint density at radius 3 is 1.54 bits per heavy atom. The summed E-state index contributed by atoms with van der Waals surface area (Å²) in [7, 11) is 0. The number of rotatable bonds is 7. The first-order chi connectivity index (χ1) is 26.8. The van der Waals surface area contributed by atoms with Gasteiger partial charge in [0.2, 0.25) is 0 Å². The summed E-state index contributed by atoms with van der Waals surface area (Å²) in [5, 5.41) is 4.23. The van der Waals surface area contributed by atoms with Crippen molar-refractivity contribution in [3.8, 4) is 45.3 Å². The largest absolute Gasteiger partial charge is 0.455 e. The molecule has 0 aliphatic carbocycles. The van der Waals surface area contributed by atoms with E-state index < -0.39 is 0 Å². The molecule has 10 rings (SSSR count). The highest BCUT2D eigenvalue weighted by molar-refractivity contribution is 6.25. The fourth-order valence-electron chi connectivity index (χ4n) is 7.41. The Hall–Kier alpha value is -7.37. The van der Waals surface area contributed by atoms with Crippen LogP contribution in [0, 0.1) is 0 Å². The molecule has 8 aromatic carbocycles. The predicted octanol–water partition coefficient (Wildman–Crippen LogP) is 13.1. The van der Waals surface area contributed by atoms with E-state index in [0.717, 1.165) is 77.6 Å². The molecule has 254 valence electrons. The van der Waals surface area contributed by atoms with E-state index in [9.17, 15) is 0 Å². The van der Waals surface area contributed by atoms with Crippen molar-refractivity contribution >= 4 is 49.8 Å². The van der Waals surface area contributed by atoms with E-state index in [1.54, 1.807) is 0 Å². The van der Waals surface area contributed by atoms with Gasteiger partial charge in [0.15, 0.2) is 17.5 Å². The summed E-state index contributed by atoms with van der Waals surface area (Å²) in [6.07, 6.45) is 0. The van der Waals surface area contributed by atoms with E-state index in [2.05, 4.69) is 114 Å². The van der Waals surface area contributed by atoms with E-state index in [4.69, 9.17) is 19.4 Å². The van der Waals surface area contributed by atoms with E-state index in [-0.39, 0.29) is 0 Å². The van der Waals surface area contributed by atoms with Gasteiger partial charge in [0.05, 0.1) is 0 Å². The van der Waals surface area contributed by atoms with Crippen molar-refractivity contribution in [1.29, 1.82) is 0 Å². The average molecular weight is 693 g/mol. The number of furan rings is 1. The summed E-state index contributed by atoms with van der Waals surface area (Å²) in [6.45, 7) is 0. The SMILES string of the molecule is c1ccc(-c2nc(-c3ccccc3)nc(-c3cccc4oc5c(-c6cccc(N(c7ccccc7)c7ccccc7)c6)cc6ccccc6c5c34)n2)cc1. The smallest absolute Gasteiger partial charge is 0.164 e. The van der Waals surface area contributed by atoms with Crippen molar-refractivity contribution in [2.24, 2.45) is 0 Å². The number of fused-ring (bicyclic) bond motifs is 5. The molecule has 5 heteroatoms. The molecule has 0 saturated carbocycles. The maximum atomic E-state index is 6.92. The molecular formula is C49H32N4O. The van der Waals surface area contributed by atoms with Crippen LogP contribution in [0.5, 0.6) is 0 Å². The monoisotopic (exact) mass is 692 g/mol. The van der Waals surface area contributed by atoms with E-state index in [0.29, 0.717) is 17.5 Å². The molecule has 2 aromatic heterocycles. The standard InChI is InChI=1S/C49H32N4O/c1-5-17-33(18-6-1)47-50-48(34-19-7-2-8-20-34)52-49(51-47)41-29-16-30-43-44(41)45-40-28-14-13-21-36(40)32-42(46(45)54-43)35-22-15-27-39(31-35)53(37-23-9-3-10-24-37)38-25-11-4-12-26-38/h1-32H. The third-order valence-electron chi connectivity index (χ3n) is 9.87. The van der Waals surface area contributed by atoms with Crippen LogP contribution in [0.25, 0.3) is 78.0 Å². The van der Waals surface area contributed by atoms with Gasteiger partial charge in [-0.3, -0.25) is 0 Å². The van der Waals surface area contributed by atoms with Gasteiger partial charge in [-0.25, -0.2) is 15.0 Å². The highest BCUT2D eigenvalue weighted by Crippen LogP contribution is 2.45. The van der Waals surface area contributed by atoms with Gasteiger partial charge in [0, 0.05) is 50.1 Å². The summed E-state index contributed by atoms with van der Waals surface area (Å²) in [5.74, 6) is 1.83. The molecule has 2 heterocycles. The Kier molecular flexibility index (Phi) is 7.73. The zero-order valence-corrected chi connectivity index (χ0v) is 29.2. The van der Waals surface area contributed by atoms with Gasteiger partial charge in [-0.2, -0.15) is 0 Å². The predicted molar refractivity (Wildman–Crippen MR) is 221 cm³/mol. The van der Waals surface area contributed by atoms with Crippen LogP contribution in [-0.4, -0.2) is 15.0 Å². The van der Waals surface area contributed by atoms with Crippen molar-refractivity contribution in [1.82, 2.24) is 15.0 Å². The molecule has 0 aliphatic rings. The molecule has 0 atom stereocenters. The van der Waals surface area contributed by atoms with E-state index in [1.165, 1.54) is 0 Å². The minimum absolute atomic E-state index is 0.592. The summed E-state index contributed by atoms with van der Waals surface area (Å²) in [4.78, 5) is 17.5. The Morgan fingerprint density at radius 2 is 0.889 bits per heavy atom. The normalized spacial score (nSPS) is 11.3. The first-order valence-corrected chi connectivity index (χ1v) is 18.0. The van der Waals surface area contributed by atoms with Crippen LogP contribution >= 0.6 is 0 Å². The number of nitrogens with zero attached hydrogens (tertiary/aromatic N) is 4. The van der Waals surface area contributed by atoms with Crippen LogP contribution in [-0.2, 0) is 0 Å². The Balaban J connectivity index is 1.21. The number of anilines is 3. The summed E-state index contributed by atoms with van der Waals surface area (Å²) >= 11 is 0. The maximum Gasteiger partial charge on any atom is 0.164 e. The fourth-order valence-corrected chi connectivity index (χ4v) is 7.41. The summed E-state index contributed by atoms with van der Waals surface area (Å²) < 4.78 is 6.92. The lowest BCUT2D eigenvalue weighted by Crippen LogP contribution is -2.09. The average Bonchev–Trinajstić information content (AvgIpc) is 3.65. The van der Waals surface area contributed by atoms with Crippen LogP contribution < -0.4 is 4.90 Å². The van der Waals surface area contributed by atoms with Gasteiger partial charge in [0.25, 0.3) is 0 Å². The number of benzene rings is 8. The molecule has 0 radical (unpaired) electrons. The van der Waals surface area contributed by atoms with Crippen LogP contribution in [0.3, 0.4) is 0 Å². The summed E-state index contributed by atoms with van der Waals surface area (Å²) in [5.41, 5.74) is 9.62. The van der Waals surface area contributed by atoms with Gasteiger partial charge in [0.1, 0.15) is 11.2 Å². The third-order valence-corrected chi connectivity index (χ3v) is 9.87. The molecule has 0 saturated heterocycles. The zero-order chi connectivity index (χ0) is 35.8. The molecular weight excluding hydrogens is 661 g/mol. The van der Waals surface area contributed by atoms with Crippen molar-refractivity contribution < 1.29 is 4.42 Å². The fraction of sp³-hybridized carbons (Fsp3) is 0. The molecule has 0 fully saturated rings. The first kappa shape index (κ1) is 31.4. The van der Waals surface area contributed by atoms with Crippen molar-refractivity contribution in [3.05, 3.63) is 194 Å². The lowest BCUT2D eigenvalue weighted by molar-refractivity contribution is 0.670. The van der Waals surface area contributed by atoms with E-state index in [1.807, 2.05) is 84.9 Å². The zero-order valence-electron chi connectivity index (χ0n) is 29.2. The van der Waals surface area contributed by atoms with Gasteiger partial charge in [-0.15, -0.1) is 0 Å². The number of para-hydroxylation sites is 2. The van der Waals surface area contributed by atoms with Crippen LogP contribution in [0.1, 0.15) is 0 Å². The Labute approximate surface area is 312 Å². The third kappa shape index (κ3) is 5.56. The minimum Gasteiger partial charge on any atom is -0.455 e. The lowest BCUT2D eigenvalue weighted by atomic mass is 9.94. The molecule has 0 N–H and O–H groups in total. The quantitative estimate of drug-likeness (QED) is 0.166. The van der Waals surface area contributed by atoms with Crippen LogP contribution in [0.15, 0.2) is 199 Å². The lowest BCUT2D eigenvalue weighted by Gasteiger charge is -2.26. The van der Waals surface area contributed by atoms with Gasteiger partial charge in [-0.05, 0) is 64.9 Å². The molecule has 0 aliphatic heterocycles. The van der Waals surface area contributed by atoms with Crippen LogP contribution in [0.2, 0.25) is 0 Å². The van der Waals surface area contributed by atoms with Crippen molar-refractivity contribution in [2.75, 3.05) is 4.90 Å². The number of aromatic nitrogens is 3. The first-order valence-electron chi connectivity index (χ1n) is 18.0.